The maximum atomic E-state index is 11.6. The van der Waals surface area contributed by atoms with Crippen LogP contribution in [0.4, 0.5) is 4.79 Å². The van der Waals surface area contributed by atoms with E-state index < -0.39 is 12.3 Å². The van der Waals surface area contributed by atoms with E-state index in [0.717, 1.165) is 4.90 Å². The maximum absolute atomic E-state index is 11.6. The predicted octanol–water partition coefficient (Wildman–Crippen LogP) is 0.755. The fourth-order valence-corrected chi connectivity index (χ4v) is 1.94. The Morgan fingerprint density at radius 3 is 3.12 bits per heavy atom. The average Bonchev–Trinajstić information content (AvgIpc) is 2.63. The molecule has 0 aromatic rings. The lowest BCUT2D eigenvalue weighted by Gasteiger charge is -2.28. The molecule has 0 radical (unpaired) electrons. The number of carbonyl (C=O) groups excluding carboxylic acids is 2. The van der Waals surface area contributed by atoms with Gasteiger partial charge in [-0.3, -0.25) is 4.79 Å². The Morgan fingerprint density at radius 1 is 1.75 bits per heavy atom. The molecule has 16 heavy (non-hydrogen) atoms. The Morgan fingerprint density at radius 2 is 2.50 bits per heavy atom. The van der Waals surface area contributed by atoms with E-state index in [1.54, 1.807) is 6.08 Å². The minimum atomic E-state index is -0.739. The van der Waals surface area contributed by atoms with E-state index in [1.165, 1.54) is 7.11 Å². The van der Waals surface area contributed by atoms with Gasteiger partial charge in [0, 0.05) is 12.3 Å². The maximum Gasteiger partial charge on any atom is 0.419 e. The zero-order valence-electron chi connectivity index (χ0n) is 8.67. The highest BCUT2D eigenvalue weighted by Gasteiger charge is 2.47. The third kappa shape index (κ3) is 1.50. The number of amides is 2. The highest BCUT2D eigenvalue weighted by atomic mass is 16.6. The zero-order chi connectivity index (χ0) is 11.7. The van der Waals surface area contributed by atoms with E-state index >= 15 is 0 Å². The lowest BCUT2D eigenvalue weighted by atomic mass is 10.0. The smallest absolute Gasteiger partial charge is 0.419 e. The molecule has 6 heteroatoms. The van der Waals surface area contributed by atoms with Crippen molar-refractivity contribution >= 4 is 12.0 Å². The van der Waals surface area contributed by atoms with Crippen molar-refractivity contribution in [3.05, 3.63) is 11.8 Å². The van der Waals surface area contributed by atoms with Gasteiger partial charge < -0.3 is 9.47 Å². The van der Waals surface area contributed by atoms with E-state index in [0.29, 0.717) is 6.42 Å². The molecule has 2 aliphatic rings. The number of hydrogen-bond acceptors (Lipinski definition) is 5. The van der Waals surface area contributed by atoms with Gasteiger partial charge >= 0.3 is 6.09 Å². The Hall–Kier alpha value is -2.03. The summed E-state index contributed by atoms with van der Waals surface area (Å²) >= 11 is 0. The van der Waals surface area contributed by atoms with Gasteiger partial charge in [0.25, 0.3) is 0 Å². The summed E-state index contributed by atoms with van der Waals surface area (Å²) < 4.78 is 9.78. The van der Waals surface area contributed by atoms with E-state index in [9.17, 15) is 9.59 Å². The molecule has 0 bridgehead atoms. The van der Waals surface area contributed by atoms with Crippen LogP contribution in [0.15, 0.2) is 11.8 Å². The highest BCUT2D eigenvalue weighted by molar-refractivity contribution is 5.94. The minimum absolute atomic E-state index is 0.0799. The van der Waals surface area contributed by atoms with Gasteiger partial charge in [-0.2, -0.15) is 5.26 Å². The quantitative estimate of drug-likeness (QED) is 0.604. The van der Waals surface area contributed by atoms with Crippen molar-refractivity contribution < 1.29 is 19.1 Å². The molecule has 2 heterocycles. The number of rotatable bonds is 0. The van der Waals surface area contributed by atoms with Crippen molar-refractivity contribution in [2.75, 3.05) is 7.11 Å². The lowest BCUT2D eigenvalue weighted by molar-refractivity contribution is -0.131. The third-order valence-electron chi connectivity index (χ3n) is 2.70. The summed E-state index contributed by atoms with van der Waals surface area (Å²) in [6.07, 6.45) is 1.01. The van der Waals surface area contributed by atoms with Gasteiger partial charge in [-0.25, -0.2) is 9.69 Å². The highest BCUT2D eigenvalue weighted by Crippen LogP contribution is 2.34. The van der Waals surface area contributed by atoms with Crippen LogP contribution in [0, 0.1) is 17.2 Å². The van der Waals surface area contributed by atoms with Crippen molar-refractivity contribution in [1.29, 1.82) is 5.26 Å². The number of imide groups is 1. The van der Waals surface area contributed by atoms with Crippen LogP contribution in [-0.4, -0.2) is 30.2 Å². The van der Waals surface area contributed by atoms with Gasteiger partial charge in [0.05, 0.1) is 7.11 Å². The first-order valence-electron chi connectivity index (χ1n) is 4.84. The molecule has 0 aromatic carbocycles. The Bertz CT molecular complexity index is 410. The van der Waals surface area contributed by atoms with Crippen LogP contribution in [-0.2, 0) is 14.3 Å². The van der Waals surface area contributed by atoms with E-state index in [-0.39, 0.29) is 24.0 Å². The first-order chi connectivity index (χ1) is 7.67. The standard InChI is InChI=1S/C10H10N2O4/c1-15-10(14)12-8(13)4-6-2-3-7(5-11)16-9(6)12/h3,6,9H,2,4H2,1H3/t6-,9+/m0/s1. The number of fused-ring (bicyclic) bond motifs is 1. The summed E-state index contributed by atoms with van der Waals surface area (Å²) in [5.74, 6) is -0.261. The Labute approximate surface area is 92.0 Å². The molecule has 0 spiro atoms. The average molecular weight is 222 g/mol. The second kappa shape index (κ2) is 3.85. The molecule has 0 N–H and O–H groups in total. The van der Waals surface area contributed by atoms with Crippen LogP contribution in [0.2, 0.25) is 0 Å². The number of methoxy groups -OCH3 is 1. The molecule has 0 aromatic heterocycles. The van der Waals surface area contributed by atoms with Crippen molar-refractivity contribution in [3.8, 4) is 6.07 Å². The van der Waals surface area contributed by atoms with Gasteiger partial charge in [0.2, 0.25) is 5.91 Å². The zero-order valence-corrected chi connectivity index (χ0v) is 8.67. The number of nitriles is 1. The lowest BCUT2D eigenvalue weighted by Crippen LogP contribution is -2.42. The third-order valence-corrected chi connectivity index (χ3v) is 2.70. The number of ether oxygens (including phenoxy) is 2. The van der Waals surface area contributed by atoms with Crippen LogP contribution in [0.25, 0.3) is 0 Å². The molecule has 0 aliphatic carbocycles. The topological polar surface area (TPSA) is 79.6 Å². The van der Waals surface area contributed by atoms with Crippen molar-refractivity contribution in [2.24, 2.45) is 5.92 Å². The van der Waals surface area contributed by atoms with Crippen LogP contribution in [0.1, 0.15) is 12.8 Å². The van der Waals surface area contributed by atoms with Crippen LogP contribution in [0.3, 0.4) is 0 Å². The second-order valence-corrected chi connectivity index (χ2v) is 3.62. The predicted molar refractivity (Wildman–Crippen MR) is 50.5 cm³/mol. The number of nitrogens with zero attached hydrogens (tertiary/aromatic N) is 2. The molecule has 84 valence electrons. The SMILES string of the molecule is COC(=O)N1C(=O)C[C@@H]2CC=C(C#N)O[C@H]21. The number of likely N-dealkylation sites (tertiary alicyclic amines) is 1. The molecule has 0 unspecified atom stereocenters. The van der Waals surface area contributed by atoms with Gasteiger partial charge in [-0.15, -0.1) is 0 Å². The molecule has 2 amide bonds. The monoisotopic (exact) mass is 222 g/mol. The number of carbonyl (C=O) groups is 2. The first-order valence-corrected chi connectivity index (χ1v) is 4.84. The van der Waals surface area contributed by atoms with Crippen molar-refractivity contribution in [2.45, 2.75) is 19.1 Å². The molecule has 2 atom stereocenters. The summed E-state index contributed by atoms with van der Waals surface area (Å²) in [6.45, 7) is 0. The van der Waals surface area contributed by atoms with Crippen LogP contribution in [0.5, 0.6) is 0 Å². The molecule has 1 fully saturated rings. The Balaban J connectivity index is 2.23. The van der Waals surface area contributed by atoms with E-state index in [2.05, 4.69) is 4.74 Å². The number of hydrogen-bond donors (Lipinski definition) is 0. The fraction of sp³-hybridized carbons (Fsp3) is 0.500. The van der Waals surface area contributed by atoms with Crippen molar-refractivity contribution in [1.82, 2.24) is 4.90 Å². The molecular formula is C10H10N2O4. The van der Waals surface area contributed by atoms with E-state index in [4.69, 9.17) is 10.00 Å². The fourth-order valence-electron chi connectivity index (χ4n) is 1.94. The summed E-state index contributed by atoms with van der Waals surface area (Å²) in [5, 5.41) is 8.70. The summed E-state index contributed by atoms with van der Waals surface area (Å²) in [7, 11) is 1.20. The summed E-state index contributed by atoms with van der Waals surface area (Å²) in [5.41, 5.74) is 0. The van der Waals surface area contributed by atoms with Gasteiger partial charge in [0.1, 0.15) is 6.07 Å². The Kier molecular flexibility index (Phi) is 2.52. The van der Waals surface area contributed by atoms with Crippen LogP contribution < -0.4 is 0 Å². The van der Waals surface area contributed by atoms with Gasteiger partial charge in [0.15, 0.2) is 12.0 Å². The first kappa shape index (κ1) is 10.5. The summed E-state index contributed by atoms with van der Waals surface area (Å²) in [4.78, 5) is 23.9. The van der Waals surface area contributed by atoms with Gasteiger partial charge in [-0.05, 0) is 12.5 Å². The van der Waals surface area contributed by atoms with E-state index in [1.807, 2.05) is 6.07 Å². The second-order valence-electron chi connectivity index (χ2n) is 3.62. The molecular weight excluding hydrogens is 212 g/mol. The largest absolute Gasteiger partial charge is 0.460 e. The van der Waals surface area contributed by atoms with Crippen LogP contribution >= 0.6 is 0 Å². The van der Waals surface area contributed by atoms with Gasteiger partial charge in [-0.1, -0.05) is 0 Å². The van der Waals surface area contributed by atoms with Crippen molar-refractivity contribution in [3.63, 3.8) is 0 Å². The molecule has 0 saturated carbocycles. The molecule has 6 nitrogen and oxygen atoms in total. The molecule has 2 aliphatic heterocycles. The minimum Gasteiger partial charge on any atom is -0.460 e. The molecule has 2 rings (SSSR count). The molecule has 1 saturated heterocycles. The number of allylic oxidation sites excluding steroid dienone is 2. The normalized spacial score (nSPS) is 27.6. The summed E-state index contributed by atoms with van der Waals surface area (Å²) in [6, 6.07) is 1.86.